The molecule has 0 unspecified atom stereocenters. The predicted octanol–water partition coefficient (Wildman–Crippen LogP) is 3.41. The molecule has 2 aromatic heterocycles. The Bertz CT molecular complexity index is 1510. The second-order valence-electron chi connectivity index (χ2n) is 9.31. The van der Waals surface area contributed by atoms with E-state index in [-0.39, 0.29) is 30.2 Å². The first-order chi connectivity index (χ1) is 17.4. The molecule has 10 nitrogen and oxygen atoms in total. The lowest BCUT2D eigenvalue weighted by atomic mass is 10.1. The molecule has 0 bridgehead atoms. The van der Waals surface area contributed by atoms with Crippen LogP contribution in [-0.4, -0.2) is 59.8 Å². The number of rotatable bonds is 6. The van der Waals surface area contributed by atoms with E-state index in [1.807, 2.05) is 34.9 Å². The number of piperidine rings is 1. The smallest absolute Gasteiger partial charge is 0.247 e. The highest BCUT2D eigenvalue weighted by Gasteiger charge is 2.56. The minimum atomic E-state index is -0.553. The minimum Gasteiger partial charge on any atom is -0.337 e. The molecule has 36 heavy (non-hydrogen) atoms. The highest BCUT2D eigenvalue weighted by atomic mass is 79.9. The van der Waals surface area contributed by atoms with Crippen molar-refractivity contribution in [2.75, 3.05) is 5.32 Å². The quantitative estimate of drug-likeness (QED) is 0.356. The number of benzene rings is 2. The van der Waals surface area contributed by atoms with E-state index in [0.717, 1.165) is 21.8 Å². The maximum absolute atomic E-state index is 13.5. The van der Waals surface area contributed by atoms with Crippen LogP contribution in [0.2, 0.25) is 0 Å². The van der Waals surface area contributed by atoms with Gasteiger partial charge in [-0.3, -0.25) is 14.4 Å². The molecule has 1 saturated carbocycles. The van der Waals surface area contributed by atoms with E-state index in [4.69, 9.17) is 0 Å². The van der Waals surface area contributed by atoms with Gasteiger partial charge in [-0.2, -0.15) is 5.21 Å². The van der Waals surface area contributed by atoms with Crippen LogP contribution in [0.25, 0.3) is 22.3 Å². The summed E-state index contributed by atoms with van der Waals surface area (Å²) in [6.07, 6.45) is 3.29. The molecular weight excluding hydrogens is 526 g/mol. The number of tetrazole rings is 1. The molecule has 1 aliphatic carbocycles. The van der Waals surface area contributed by atoms with Crippen molar-refractivity contribution in [1.82, 2.24) is 30.1 Å². The highest BCUT2D eigenvalue weighted by molar-refractivity contribution is 9.10. The average molecular weight is 548 g/mol. The Kier molecular flexibility index (Phi) is 5.44. The second-order valence-corrected chi connectivity index (χ2v) is 10.2. The predicted molar refractivity (Wildman–Crippen MR) is 135 cm³/mol. The van der Waals surface area contributed by atoms with Crippen LogP contribution in [-0.2, 0) is 16.1 Å². The number of hydrogen-bond donors (Lipinski definition) is 2. The molecule has 11 heteroatoms. The third-order valence-corrected chi connectivity index (χ3v) is 7.40. The minimum absolute atomic E-state index is 0.0488. The normalized spacial score (nSPS) is 20.4. The van der Waals surface area contributed by atoms with Crippen molar-refractivity contribution in [1.29, 1.82) is 0 Å². The summed E-state index contributed by atoms with van der Waals surface area (Å²) in [5.41, 5.74) is 2.68. The fraction of sp³-hybridized carbons (Fsp3) is 0.280. The summed E-state index contributed by atoms with van der Waals surface area (Å²) in [5.74, 6) is 0.352. The molecule has 2 N–H and O–H groups in total. The summed E-state index contributed by atoms with van der Waals surface area (Å²) in [6.45, 7) is 1.59. The van der Waals surface area contributed by atoms with Gasteiger partial charge in [-0.15, -0.1) is 10.2 Å². The van der Waals surface area contributed by atoms with Crippen molar-refractivity contribution in [3.8, 4) is 11.4 Å². The Morgan fingerprint density at radius 3 is 2.78 bits per heavy atom. The van der Waals surface area contributed by atoms with Gasteiger partial charge in [0.15, 0.2) is 5.78 Å². The number of aromatic amines is 1. The first-order valence-corrected chi connectivity index (χ1v) is 12.4. The van der Waals surface area contributed by atoms with Crippen LogP contribution in [0.15, 0.2) is 53.1 Å². The Hall–Kier alpha value is -3.86. The van der Waals surface area contributed by atoms with Crippen molar-refractivity contribution in [3.63, 3.8) is 0 Å². The molecule has 1 saturated heterocycles. The van der Waals surface area contributed by atoms with Crippen molar-refractivity contribution < 1.29 is 14.4 Å². The van der Waals surface area contributed by atoms with Crippen LogP contribution in [0, 0.1) is 5.92 Å². The Labute approximate surface area is 214 Å². The van der Waals surface area contributed by atoms with Crippen LogP contribution in [0.3, 0.4) is 0 Å². The van der Waals surface area contributed by atoms with E-state index in [1.165, 1.54) is 6.92 Å². The monoisotopic (exact) mass is 547 g/mol. The van der Waals surface area contributed by atoms with Crippen LogP contribution >= 0.6 is 15.9 Å². The summed E-state index contributed by atoms with van der Waals surface area (Å²) < 4.78 is 2.56. The molecular formula is C25H22BrN7O3. The molecule has 2 fully saturated rings. The van der Waals surface area contributed by atoms with Gasteiger partial charge in [0.05, 0.1) is 0 Å². The number of hydrogen-bond acceptors (Lipinski definition) is 6. The van der Waals surface area contributed by atoms with E-state index in [9.17, 15) is 14.4 Å². The lowest BCUT2D eigenvalue weighted by Crippen LogP contribution is -2.46. The van der Waals surface area contributed by atoms with Gasteiger partial charge in [0.2, 0.25) is 17.6 Å². The van der Waals surface area contributed by atoms with Gasteiger partial charge >= 0.3 is 0 Å². The average Bonchev–Trinajstić information content (AvgIpc) is 3.23. The van der Waals surface area contributed by atoms with E-state index in [1.54, 1.807) is 23.2 Å². The molecule has 3 heterocycles. The van der Waals surface area contributed by atoms with Gasteiger partial charge in [0.1, 0.15) is 12.6 Å². The number of ketones is 1. The number of amides is 2. The van der Waals surface area contributed by atoms with Crippen LogP contribution in [0.1, 0.15) is 30.1 Å². The number of nitrogens with zero attached hydrogens (tertiary/aromatic N) is 5. The molecule has 0 radical (unpaired) electrons. The van der Waals surface area contributed by atoms with Crippen molar-refractivity contribution >= 4 is 50.1 Å². The van der Waals surface area contributed by atoms with Gasteiger partial charge in [-0.1, -0.05) is 34.1 Å². The zero-order chi connectivity index (χ0) is 25.0. The SMILES string of the molecule is CC(=O)c1cn(CC(=O)N2[C@@H]3C[C@@H]3C[C@H]2C(=O)Nc2cc(Br)cc(-c3nn[nH]n3)c2)c2ccccc12. The molecule has 0 spiro atoms. The summed E-state index contributed by atoms with van der Waals surface area (Å²) in [5, 5.41) is 17.8. The topological polar surface area (TPSA) is 126 Å². The number of Topliss-reactive ketones (excluding diaryl/α,β-unsaturated/α-hetero) is 1. The number of anilines is 1. The Balaban J connectivity index is 1.23. The third-order valence-electron chi connectivity index (χ3n) is 6.94. The number of nitrogens with one attached hydrogen (secondary N) is 2. The molecule has 2 aromatic carbocycles. The highest BCUT2D eigenvalue weighted by Crippen LogP contribution is 2.48. The standard InChI is InChI=1S/C25H22BrN7O3/c1-13(34)19-11-32(20-5-3-2-4-18(19)20)12-23(35)33-21-8-14(21)9-22(33)25(36)27-17-7-15(6-16(26)10-17)24-28-30-31-29-24/h2-7,10-11,14,21-22H,8-9,12H2,1H3,(H,27,36)(H,28,29,30,31)/t14-,21-,22+/m1/s1. The number of H-pyrrole nitrogens is 1. The zero-order valence-electron chi connectivity index (χ0n) is 19.3. The van der Waals surface area contributed by atoms with Crippen LogP contribution < -0.4 is 5.32 Å². The van der Waals surface area contributed by atoms with Crippen LogP contribution in [0.5, 0.6) is 0 Å². The van der Waals surface area contributed by atoms with E-state index < -0.39 is 6.04 Å². The molecule has 4 aromatic rings. The molecule has 182 valence electrons. The Morgan fingerprint density at radius 1 is 1.17 bits per heavy atom. The van der Waals surface area contributed by atoms with Crippen molar-refractivity contribution in [3.05, 3.63) is 58.7 Å². The molecule has 1 aliphatic heterocycles. The van der Waals surface area contributed by atoms with Gasteiger partial charge in [-0.05, 0) is 55.2 Å². The maximum Gasteiger partial charge on any atom is 0.247 e. The Morgan fingerprint density at radius 2 is 2.00 bits per heavy atom. The number of halogens is 1. The van der Waals surface area contributed by atoms with Crippen molar-refractivity contribution in [2.24, 2.45) is 5.92 Å². The number of aromatic nitrogens is 5. The largest absolute Gasteiger partial charge is 0.337 e. The molecule has 3 atom stereocenters. The van der Waals surface area contributed by atoms with Gasteiger partial charge in [-0.25, -0.2) is 0 Å². The van der Waals surface area contributed by atoms with E-state index in [0.29, 0.717) is 35.0 Å². The fourth-order valence-electron chi connectivity index (χ4n) is 5.24. The number of likely N-dealkylation sites (tertiary alicyclic amines) is 1. The van der Waals surface area contributed by atoms with Gasteiger partial charge < -0.3 is 14.8 Å². The first kappa shape index (κ1) is 22.6. The number of fused-ring (bicyclic) bond motifs is 2. The molecule has 2 amide bonds. The summed E-state index contributed by atoms with van der Waals surface area (Å²) >= 11 is 3.46. The van der Waals surface area contributed by atoms with Crippen molar-refractivity contribution in [2.45, 2.75) is 38.4 Å². The van der Waals surface area contributed by atoms with Gasteiger partial charge in [0, 0.05) is 44.4 Å². The molecule has 2 aliphatic rings. The van der Waals surface area contributed by atoms with E-state index >= 15 is 0 Å². The molecule has 6 rings (SSSR count). The fourth-order valence-corrected chi connectivity index (χ4v) is 5.73. The maximum atomic E-state index is 13.5. The first-order valence-electron chi connectivity index (χ1n) is 11.6. The zero-order valence-corrected chi connectivity index (χ0v) is 20.9. The number of para-hydroxylation sites is 1. The summed E-state index contributed by atoms with van der Waals surface area (Å²) in [7, 11) is 0. The van der Waals surface area contributed by atoms with Crippen LogP contribution in [0.4, 0.5) is 5.69 Å². The van der Waals surface area contributed by atoms with Gasteiger partial charge in [0.25, 0.3) is 0 Å². The lowest BCUT2D eigenvalue weighted by molar-refractivity contribution is -0.138. The summed E-state index contributed by atoms with van der Waals surface area (Å²) in [4.78, 5) is 40.7. The number of carbonyl (C=O) groups excluding carboxylic acids is 3. The number of carbonyl (C=O) groups is 3. The van der Waals surface area contributed by atoms with E-state index in [2.05, 4.69) is 41.9 Å². The lowest BCUT2D eigenvalue weighted by Gasteiger charge is -2.27. The second kappa shape index (κ2) is 8.66. The summed E-state index contributed by atoms with van der Waals surface area (Å²) in [6, 6.07) is 12.5. The third kappa shape index (κ3) is 3.98.